The maximum atomic E-state index is 11.9. The Bertz CT molecular complexity index is 455. The van der Waals surface area contributed by atoms with E-state index in [9.17, 15) is 4.79 Å². The number of hydrogen-bond donors (Lipinski definition) is 0. The lowest BCUT2D eigenvalue weighted by atomic mass is 10.0. The van der Waals surface area contributed by atoms with Crippen molar-refractivity contribution in [3.8, 4) is 0 Å². The van der Waals surface area contributed by atoms with Gasteiger partial charge in [-0.3, -0.25) is 4.79 Å². The third kappa shape index (κ3) is 1.61. The van der Waals surface area contributed by atoms with Crippen molar-refractivity contribution in [1.82, 2.24) is 4.90 Å². The summed E-state index contributed by atoms with van der Waals surface area (Å²) >= 11 is 0. The van der Waals surface area contributed by atoms with Crippen molar-refractivity contribution in [2.24, 2.45) is 0 Å². The number of amides is 1. The van der Waals surface area contributed by atoms with Crippen molar-refractivity contribution in [2.45, 2.75) is 5.72 Å². The zero-order valence-corrected chi connectivity index (χ0v) is 10.1. The van der Waals surface area contributed by atoms with E-state index >= 15 is 0 Å². The Hall–Kier alpha value is -1.81. The minimum Gasteiger partial charge on any atom is -0.491 e. The number of nitrogens with zero attached hydrogens (tertiary/aromatic N) is 1. The molecule has 1 unspecified atom stereocenters. The van der Waals surface area contributed by atoms with Gasteiger partial charge >= 0.3 is 0 Å². The molecule has 0 aliphatic carbocycles. The lowest BCUT2D eigenvalue weighted by Gasteiger charge is -2.33. The molecule has 1 aliphatic rings. The van der Waals surface area contributed by atoms with Gasteiger partial charge in [0, 0.05) is 25.8 Å². The summed E-state index contributed by atoms with van der Waals surface area (Å²) in [4.78, 5) is 13.5. The van der Waals surface area contributed by atoms with Gasteiger partial charge in [-0.15, -0.1) is 0 Å². The summed E-state index contributed by atoms with van der Waals surface area (Å²) in [5.74, 6) is 0.122. The van der Waals surface area contributed by atoms with E-state index in [0.29, 0.717) is 5.76 Å². The first-order valence-corrected chi connectivity index (χ1v) is 5.31. The molecular formula is C13H15NO3. The molecule has 4 heteroatoms. The molecule has 1 atom stereocenters. The first kappa shape index (κ1) is 11.7. The molecule has 0 N–H and O–H groups in total. The molecule has 0 saturated carbocycles. The highest BCUT2D eigenvalue weighted by atomic mass is 16.5. The van der Waals surface area contributed by atoms with E-state index in [1.165, 1.54) is 12.0 Å². The van der Waals surface area contributed by atoms with E-state index in [0.717, 1.165) is 5.56 Å². The van der Waals surface area contributed by atoms with Crippen molar-refractivity contribution in [3.05, 3.63) is 47.7 Å². The average molecular weight is 233 g/mol. The summed E-state index contributed by atoms with van der Waals surface area (Å²) < 4.78 is 10.6. The lowest BCUT2D eigenvalue weighted by molar-refractivity contribution is -0.146. The van der Waals surface area contributed by atoms with Crippen LogP contribution in [0.3, 0.4) is 0 Å². The summed E-state index contributed by atoms with van der Waals surface area (Å²) in [6.07, 6.45) is 1.70. The van der Waals surface area contributed by atoms with Gasteiger partial charge in [-0.2, -0.15) is 0 Å². The SMILES string of the molecule is COC1=CC(OC)(c2ccccc2)N(C)C1=O. The van der Waals surface area contributed by atoms with Crippen molar-refractivity contribution in [1.29, 1.82) is 0 Å². The van der Waals surface area contributed by atoms with Crippen molar-refractivity contribution in [3.63, 3.8) is 0 Å². The first-order chi connectivity index (χ1) is 8.15. The molecule has 90 valence electrons. The third-order valence-corrected chi connectivity index (χ3v) is 3.06. The van der Waals surface area contributed by atoms with Gasteiger partial charge in [-0.25, -0.2) is 0 Å². The molecule has 0 spiro atoms. The highest BCUT2D eigenvalue weighted by Gasteiger charge is 2.45. The Kier molecular flexibility index (Phi) is 2.90. The maximum absolute atomic E-state index is 11.9. The zero-order valence-electron chi connectivity index (χ0n) is 10.1. The number of ether oxygens (including phenoxy) is 2. The minimum absolute atomic E-state index is 0.182. The van der Waals surface area contributed by atoms with E-state index in [1.807, 2.05) is 30.3 Å². The molecule has 1 aromatic rings. The van der Waals surface area contributed by atoms with E-state index in [-0.39, 0.29) is 5.91 Å². The molecule has 17 heavy (non-hydrogen) atoms. The van der Waals surface area contributed by atoms with E-state index in [1.54, 1.807) is 20.2 Å². The fourth-order valence-electron chi connectivity index (χ4n) is 2.07. The van der Waals surface area contributed by atoms with Crippen LogP contribution < -0.4 is 0 Å². The zero-order chi connectivity index (χ0) is 12.5. The van der Waals surface area contributed by atoms with Crippen LogP contribution in [0, 0.1) is 0 Å². The lowest BCUT2D eigenvalue weighted by Crippen LogP contribution is -2.42. The number of likely N-dealkylation sites (N-methyl/N-ethyl adjacent to an activating group) is 1. The van der Waals surface area contributed by atoms with Crippen LogP contribution in [0.5, 0.6) is 0 Å². The second kappa shape index (κ2) is 4.22. The van der Waals surface area contributed by atoms with Crippen LogP contribution in [-0.4, -0.2) is 32.1 Å². The smallest absolute Gasteiger partial charge is 0.291 e. The second-order valence-corrected chi connectivity index (χ2v) is 3.84. The number of carbonyl (C=O) groups is 1. The van der Waals surface area contributed by atoms with Crippen LogP contribution in [0.15, 0.2) is 42.2 Å². The third-order valence-electron chi connectivity index (χ3n) is 3.06. The predicted octanol–water partition coefficient (Wildman–Crippen LogP) is 1.49. The molecule has 1 aliphatic heterocycles. The number of carbonyl (C=O) groups excluding carboxylic acids is 1. The van der Waals surface area contributed by atoms with Crippen LogP contribution >= 0.6 is 0 Å². The number of benzene rings is 1. The van der Waals surface area contributed by atoms with Gasteiger partial charge in [0.25, 0.3) is 5.91 Å². The average Bonchev–Trinajstić information content (AvgIpc) is 2.64. The van der Waals surface area contributed by atoms with Crippen molar-refractivity contribution >= 4 is 5.91 Å². The Morgan fingerprint density at radius 1 is 1.18 bits per heavy atom. The highest BCUT2D eigenvalue weighted by Crippen LogP contribution is 2.37. The molecule has 0 radical (unpaired) electrons. The van der Waals surface area contributed by atoms with Gasteiger partial charge in [0.15, 0.2) is 11.5 Å². The molecule has 0 bridgehead atoms. The van der Waals surface area contributed by atoms with Gasteiger partial charge in [0.1, 0.15) is 0 Å². The summed E-state index contributed by atoms with van der Waals surface area (Å²) in [6.45, 7) is 0. The normalized spacial score (nSPS) is 23.8. The topological polar surface area (TPSA) is 38.8 Å². The molecule has 0 saturated heterocycles. The second-order valence-electron chi connectivity index (χ2n) is 3.84. The number of rotatable bonds is 3. The predicted molar refractivity (Wildman–Crippen MR) is 63.0 cm³/mol. The van der Waals surface area contributed by atoms with E-state index < -0.39 is 5.72 Å². The fraction of sp³-hybridized carbons (Fsp3) is 0.308. The molecule has 2 rings (SSSR count). The summed E-state index contributed by atoms with van der Waals surface area (Å²) in [5.41, 5.74) is 0.0225. The molecule has 0 aromatic heterocycles. The van der Waals surface area contributed by atoms with E-state index in [4.69, 9.17) is 9.47 Å². The Morgan fingerprint density at radius 2 is 1.82 bits per heavy atom. The quantitative estimate of drug-likeness (QED) is 0.794. The highest BCUT2D eigenvalue weighted by molar-refractivity contribution is 5.95. The minimum atomic E-state index is -0.871. The monoisotopic (exact) mass is 233 g/mol. The van der Waals surface area contributed by atoms with Gasteiger partial charge in [0.2, 0.25) is 0 Å². The molecule has 1 amide bonds. The molecule has 1 aromatic carbocycles. The van der Waals surface area contributed by atoms with Crippen LogP contribution in [0.4, 0.5) is 0 Å². The largest absolute Gasteiger partial charge is 0.491 e. The number of methoxy groups -OCH3 is 2. The van der Waals surface area contributed by atoms with E-state index in [2.05, 4.69) is 0 Å². The maximum Gasteiger partial charge on any atom is 0.291 e. The van der Waals surface area contributed by atoms with Crippen LogP contribution in [0.1, 0.15) is 5.56 Å². The summed E-state index contributed by atoms with van der Waals surface area (Å²) in [5, 5.41) is 0. The van der Waals surface area contributed by atoms with Gasteiger partial charge in [-0.05, 0) is 0 Å². The Labute approximate surface area is 100 Å². The van der Waals surface area contributed by atoms with Gasteiger partial charge < -0.3 is 14.4 Å². The van der Waals surface area contributed by atoms with Crippen molar-refractivity contribution in [2.75, 3.05) is 21.3 Å². The molecular weight excluding hydrogens is 218 g/mol. The van der Waals surface area contributed by atoms with Gasteiger partial charge in [-0.1, -0.05) is 30.3 Å². The standard InChI is InChI=1S/C13H15NO3/c1-14-12(15)11(16-2)9-13(14,17-3)10-7-5-4-6-8-10/h4-9H,1-3H3. The Balaban J connectivity index is 2.53. The molecule has 4 nitrogen and oxygen atoms in total. The van der Waals surface area contributed by atoms with Crippen LogP contribution in [-0.2, 0) is 20.0 Å². The summed E-state index contributed by atoms with van der Waals surface area (Å²) in [7, 11) is 4.75. The van der Waals surface area contributed by atoms with Gasteiger partial charge in [0.05, 0.1) is 7.11 Å². The molecule has 0 fully saturated rings. The molecule has 1 heterocycles. The number of hydrogen-bond acceptors (Lipinski definition) is 3. The van der Waals surface area contributed by atoms with Crippen LogP contribution in [0.2, 0.25) is 0 Å². The Morgan fingerprint density at radius 3 is 2.29 bits per heavy atom. The summed E-state index contributed by atoms with van der Waals surface area (Å²) in [6, 6.07) is 9.58. The first-order valence-electron chi connectivity index (χ1n) is 5.31. The fourth-order valence-corrected chi connectivity index (χ4v) is 2.07. The van der Waals surface area contributed by atoms with Crippen LogP contribution in [0.25, 0.3) is 0 Å². The van der Waals surface area contributed by atoms with Crippen molar-refractivity contribution < 1.29 is 14.3 Å².